The van der Waals surface area contributed by atoms with Gasteiger partial charge in [-0.3, -0.25) is 4.90 Å². The van der Waals surface area contributed by atoms with Crippen molar-refractivity contribution >= 4 is 11.8 Å². The quantitative estimate of drug-likeness (QED) is 0.577. The van der Waals surface area contributed by atoms with Gasteiger partial charge in [0, 0.05) is 37.5 Å². The van der Waals surface area contributed by atoms with Gasteiger partial charge in [0.25, 0.3) is 0 Å². The Morgan fingerprint density at radius 1 is 1.53 bits per heavy atom. The van der Waals surface area contributed by atoms with Crippen molar-refractivity contribution in [3.8, 4) is 12.3 Å². The normalized spacial score (nSPS) is 26.1. The highest BCUT2D eigenvalue weighted by atomic mass is 32.2. The molecule has 0 aromatic rings. The number of nitrogens with zero attached hydrogens (tertiary/aromatic N) is 1. The zero-order chi connectivity index (χ0) is 12.7. The number of thioether (sulfide) groups is 1. The summed E-state index contributed by atoms with van der Waals surface area (Å²) in [6.45, 7) is 10.4. The third kappa shape index (κ3) is 5.81. The van der Waals surface area contributed by atoms with Gasteiger partial charge in [-0.05, 0) is 19.3 Å². The van der Waals surface area contributed by atoms with Crippen LogP contribution in [0.1, 0.15) is 27.2 Å². The topological polar surface area (TPSA) is 15.3 Å². The Balaban J connectivity index is 2.28. The van der Waals surface area contributed by atoms with Crippen molar-refractivity contribution in [2.45, 2.75) is 39.3 Å². The fraction of sp³-hybridized carbons (Fsp3) is 0.857. The molecule has 0 bridgehead atoms. The largest absolute Gasteiger partial charge is 0.311 e. The molecule has 2 unspecified atom stereocenters. The maximum absolute atomic E-state index is 5.26. The van der Waals surface area contributed by atoms with E-state index in [-0.39, 0.29) is 0 Å². The number of hydrogen-bond donors (Lipinski definition) is 1. The van der Waals surface area contributed by atoms with E-state index in [1.54, 1.807) is 0 Å². The molecule has 0 saturated carbocycles. The van der Waals surface area contributed by atoms with Gasteiger partial charge in [0.1, 0.15) is 0 Å². The van der Waals surface area contributed by atoms with Crippen molar-refractivity contribution in [2.75, 3.05) is 31.1 Å². The van der Waals surface area contributed by atoms with Crippen molar-refractivity contribution in [1.29, 1.82) is 0 Å². The van der Waals surface area contributed by atoms with Gasteiger partial charge in [0.05, 0.1) is 5.75 Å². The summed E-state index contributed by atoms with van der Waals surface area (Å²) in [4.78, 5) is 2.60. The minimum absolute atomic E-state index is 0.657. The van der Waals surface area contributed by atoms with Gasteiger partial charge in [0.2, 0.25) is 0 Å². The summed E-state index contributed by atoms with van der Waals surface area (Å²) < 4.78 is 0. The summed E-state index contributed by atoms with van der Waals surface area (Å²) in [5, 5.41) is 3.65. The lowest BCUT2D eigenvalue weighted by Gasteiger charge is -2.39. The average Bonchev–Trinajstić information content (AvgIpc) is 2.28. The molecule has 1 saturated heterocycles. The standard InChI is InChI=1S/C14H26N2S/c1-5-7-17-8-6-16-11-14(9-12(2)3)15-10-13(16)4/h1,12-15H,6-11H2,2-4H3. The molecule has 98 valence electrons. The van der Waals surface area contributed by atoms with Crippen molar-refractivity contribution in [1.82, 2.24) is 10.2 Å². The predicted molar refractivity (Wildman–Crippen MR) is 78.4 cm³/mol. The van der Waals surface area contributed by atoms with Gasteiger partial charge in [-0.2, -0.15) is 0 Å². The van der Waals surface area contributed by atoms with Crippen LogP contribution in [0.3, 0.4) is 0 Å². The van der Waals surface area contributed by atoms with Crippen molar-refractivity contribution in [3.63, 3.8) is 0 Å². The highest BCUT2D eigenvalue weighted by molar-refractivity contribution is 7.99. The first kappa shape index (κ1) is 14.9. The summed E-state index contributed by atoms with van der Waals surface area (Å²) in [5.41, 5.74) is 0. The maximum atomic E-state index is 5.26. The third-order valence-corrected chi connectivity index (χ3v) is 4.09. The summed E-state index contributed by atoms with van der Waals surface area (Å²) in [7, 11) is 0. The van der Waals surface area contributed by atoms with E-state index >= 15 is 0 Å². The molecule has 1 heterocycles. The van der Waals surface area contributed by atoms with Gasteiger partial charge in [0.15, 0.2) is 0 Å². The summed E-state index contributed by atoms with van der Waals surface area (Å²) in [5.74, 6) is 5.46. The van der Waals surface area contributed by atoms with Gasteiger partial charge in [-0.1, -0.05) is 19.8 Å². The van der Waals surface area contributed by atoms with Crippen molar-refractivity contribution < 1.29 is 0 Å². The summed E-state index contributed by atoms with van der Waals surface area (Å²) >= 11 is 1.87. The first-order chi connectivity index (χ1) is 8.13. The molecule has 0 aliphatic carbocycles. The van der Waals surface area contributed by atoms with Crippen LogP contribution in [0.25, 0.3) is 0 Å². The second-order valence-electron chi connectivity index (χ2n) is 5.34. The van der Waals surface area contributed by atoms with Crippen LogP contribution < -0.4 is 5.32 Å². The van der Waals surface area contributed by atoms with Gasteiger partial charge in [-0.25, -0.2) is 0 Å². The van der Waals surface area contributed by atoms with Gasteiger partial charge < -0.3 is 5.32 Å². The fourth-order valence-corrected chi connectivity index (χ4v) is 2.97. The summed E-state index contributed by atoms with van der Waals surface area (Å²) in [6.07, 6.45) is 6.54. The monoisotopic (exact) mass is 254 g/mol. The molecule has 1 rings (SSSR count). The minimum Gasteiger partial charge on any atom is -0.311 e. The van der Waals surface area contributed by atoms with Crippen LogP contribution in [-0.2, 0) is 0 Å². The smallest absolute Gasteiger partial charge is 0.0545 e. The number of nitrogens with one attached hydrogen (secondary N) is 1. The molecule has 3 heteroatoms. The third-order valence-electron chi connectivity index (χ3n) is 3.24. The van der Waals surface area contributed by atoms with E-state index < -0.39 is 0 Å². The highest BCUT2D eigenvalue weighted by Crippen LogP contribution is 2.13. The lowest BCUT2D eigenvalue weighted by atomic mass is 10.0. The minimum atomic E-state index is 0.657. The zero-order valence-corrected chi connectivity index (χ0v) is 12.2. The first-order valence-electron chi connectivity index (χ1n) is 6.62. The molecular weight excluding hydrogens is 228 g/mol. The molecule has 1 N–H and O–H groups in total. The second-order valence-corrected chi connectivity index (χ2v) is 6.44. The van der Waals surface area contributed by atoms with E-state index in [0.29, 0.717) is 12.1 Å². The van der Waals surface area contributed by atoms with Crippen molar-refractivity contribution in [3.05, 3.63) is 0 Å². The Morgan fingerprint density at radius 2 is 2.29 bits per heavy atom. The SMILES string of the molecule is C#CCSCCN1CC(CC(C)C)NCC1C. The van der Waals surface area contributed by atoms with E-state index in [2.05, 4.69) is 36.9 Å². The van der Waals surface area contributed by atoms with Gasteiger partial charge in [-0.15, -0.1) is 18.2 Å². The Bertz CT molecular complexity index is 247. The zero-order valence-electron chi connectivity index (χ0n) is 11.4. The molecule has 2 atom stereocenters. The van der Waals surface area contributed by atoms with Crippen molar-refractivity contribution in [2.24, 2.45) is 5.92 Å². The molecule has 17 heavy (non-hydrogen) atoms. The fourth-order valence-electron chi connectivity index (χ4n) is 2.35. The molecular formula is C14H26N2S. The Kier molecular flexibility index (Phi) is 7.03. The van der Waals surface area contributed by atoms with E-state index in [9.17, 15) is 0 Å². The van der Waals surface area contributed by atoms with Crippen LogP contribution in [0.4, 0.5) is 0 Å². The number of hydrogen-bond acceptors (Lipinski definition) is 3. The highest BCUT2D eigenvalue weighted by Gasteiger charge is 2.24. The van der Waals surface area contributed by atoms with E-state index in [1.807, 2.05) is 11.8 Å². The number of terminal acetylenes is 1. The summed E-state index contributed by atoms with van der Waals surface area (Å²) in [6, 6.07) is 1.33. The van der Waals surface area contributed by atoms with E-state index in [4.69, 9.17) is 6.42 Å². The van der Waals surface area contributed by atoms with Crippen LogP contribution in [-0.4, -0.2) is 48.1 Å². The van der Waals surface area contributed by atoms with Crippen LogP contribution in [0.15, 0.2) is 0 Å². The lowest BCUT2D eigenvalue weighted by Crippen LogP contribution is -2.56. The van der Waals surface area contributed by atoms with E-state index in [1.165, 1.54) is 19.5 Å². The molecule has 1 fully saturated rings. The second kappa shape index (κ2) is 8.02. The predicted octanol–water partition coefficient (Wildman–Crippen LogP) is 2.06. The Hall–Kier alpha value is -0.170. The molecule has 0 aromatic heterocycles. The molecule has 1 aliphatic rings. The van der Waals surface area contributed by atoms with Crippen LogP contribution in [0.5, 0.6) is 0 Å². The van der Waals surface area contributed by atoms with E-state index in [0.717, 1.165) is 24.0 Å². The molecule has 0 spiro atoms. The Labute approximate surface area is 111 Å². The molecule has 1 aliphatic heterocycles. The number of rotatable bonds is 6. The molecule has 2 nitrogen and oxygen atoms in total. The Morgan fingerprint density at radius 3 is 2.94 bits per heavy atom. The number of piperazine rings is 1. The molecule has 0 amide bonds. The van der Waals surface area contributed by atoms with Crippen LogP contribution in [0.2, 0.25) is 0 Å². The lowest BCUT2D eigenvalue weighted by molar-refractivity contribution is 0.140. The van der Waals surface area contributed by atoms with Gasteiger partial charge >= 0.3 is 0 Å². The molecule has 0 aromatic carbocycles. The van der Waals surface area contributed by atoms with Crippen LogP contribution >= 0.6 is 11.8 Å². The van der Waals surface area contributed by atoms with Crippen LogP contribution in [0, 0.1) is 18.3 Å². The molecule has 0 radical (unpaired) electrons. The maximum Gasteiger partial charge on any atom is 0.0545 e. The average molecular weight is 254 g/mol. The first-order valence-corrected chi connectivity index (χ1v) is 7.77.